The topological polar surface area (TPSA) is 70.0 Å². The molecule has 1 aromatic rings. The van der Waals surface area contributed by atoms with E-state index in [1.165, 1.54) is 4.31 Å². The van der Waals surface area contributed by atoms with E-state index < -0.39 is 10.0 Å². The molecule has 0 spiro atoms. The lowest BCUT2D eigenvalue weighted by Gasteiger charge is -2.30. The van der Waals surface area contributed by atoms with Crippen molar-refractivity contribution in [3.8, 4) is 0 Å². The molecule has 1 atom stereocenters. The summed E-state index contributed by atoms with van der Waals surface area (Å²) in [4.78, 5) is 0. The molecule has 1 N–H and O–H groups in total. The maximum Gasteiger partial charge on any atom is 0.252 e. The number of rotatable bonds is 2. The van der Waals surface area contributed by atoms with Crippen molar-refractivity contribution < 1.29 is 13.6 Å². The maximum absolute atomic E-state index is 12.5. The van der Waals surface area contributed by atoms with E-state index >= 15 is 0 Å². The van der Waals surface area contributed by atoms with Crippen molar-refractivity contribution in [1.82, 2.24) is 4.31 Å². The van der Waals surface area contributed by atoms with E-state index in [2.05, 4.69) is 5.16 Å². The highest BCUT2D eigenvalue weighted by Gasteiger charge is 2.33. The molecule has 0 bridgehead atoms. The van der Waals surface area contributed by atoms with Crippen molar-refractivity contribution in [2.24, 2.45) is 11.1 Å². The fourth-order valence-corrected chi connectivity index (χ4v) is 5.43. The second kappa shape index (κ2) is 5.40. The van der Waals surface area contributed by atoms with Crippen LogP contribution in [0.5, 0.6) is 0 Å². The molecule has 0 saturated carbocycles. The van der Waals surface area contributed by atoms with Crippen LogP contribution in [-0.4, -0.2) is 36.7 Å². The third kappa shape index (κ3) is 2.79. The molecule has 1 aromatic heterocycles. The number of hydrogen-bond acceptors (Lipinski definition) is 5. The summed E-state index contributed by atoms with van der Waals surface area (Å²) in [6.07, 6.45) is 0.453. The summed E-state index contributed by atoms with van der Waals surface area (Å²) in [6.45, 7) is 4.30. The van der Waals surface area contributed by atoms with Crippen molar-refractivity contribution in [3.63, 3.8) is 0 Å². The van der Waals surface area contributed by atoms with Crippen molar-refractivity contribution in [1.29, 1.82) is 0 Å². The second-order valence-electron chi connectivity index (χ2n) is 4.63. The van der Waals surface area contributed by atoms with E-state index in [-0.39, 0.29) is 10.1 Å². The minimum Gasteiger partial charge on any atom is -0.411 e. The molecule has 0 radical (unpaired) electrons. The predicted octanol–water partition coefficient (Wildman–Crippen LogP) is 2.57. The zero-order valence-corrected chi connectivity index (χ0v) is 13.0. The summed E-state index contributed by atoms with van der Waals surface area (Å²) in [5.41, 5.74) is 1.42. The Bertz CT molecular complexity index is 590. The standard InChI is InChI=1S/C11H15ClN2O3S2/c1-7-5-10(18-11(7)12)19(16,17)14-4-3-9(13-15)8(2)6-14/h5,8,15H,3-4,6H2,1-2H3. The van der Waals surface area contributed by atoms with Gasteiger partial charge in [0.15, 0.2) is 0 Å². The number of nitrogens with zero attached hydrogens (tertiary/aromatic N) is 2. The third-order valence-electron chi connectivity index (χ3n) is 3.22. The number of halogens is 1. The highest BCUT2D eigenvalue weighted by molar-refractivity contribution is 7.91. The van der Waals surface area contributed by atoms with Gasteiger partial charge in [-0.25, -0.2) is 8.42 Å². The number of oxime groups is 1. The zero-order valence-electron chi connectivity index (χ0n) is 10.6. The Morgan fingerprint density at radius 1 is 1.58 bits per heavy atom. The van der Waals surface area contributed by atoms with E-state index in [4.69, 9.17) is 16.8 Å². The number of sulfonamides is 1. The normalized spacial score (nSPS) is 23.9. The Labute approximate surface area is 121 Å². The average Bonchev–Trinajstić information content (AvgIpc) is 2.70. The Morgan fingerprint density at radius 2 is 2.26 bits per heavy atom. The molecule has 8 heteroatoms. The summed E-state index contributed by atoms with van der Waals surface area (Å²) in [5.74, 6) is -0.0787. The van der Waals surface area contributed by atoms with Crippen LogP contribution in [0.25, 0.3) is 0 Å². The molecule has 2 rings (SSSR count). The fourth-order valence-electron chi connectivity index (χ4n) is 2.04. The van der Waals surface area contributed by atoms with Crippen LogP contribution in [0.4, 0.5) is 0 Å². The van der Waals surface area contributed by atoms with Crippen molar-refractivity contribution in [2.45, 2.75) is 24.5 Å². The van der Waals surface area contributed by atoms with Gasteiger partial charge in [-0.05, 0) is 18.6 Å². The highest BCUT2D eigenvalue weighted by atomic mass is 35.5. The summed E-state index contributed by atoms with van der Waals surface area (Å²) in [6, 6.07) is 1.60. The van der Waals surface area contributed by atoms with Gasteiger partial charge in [0.1, 0.15) is 4.21 Å². The van der Waals surface area contributed by atoms with Gasteiger partial charge in [-0.2, -0.15) is 4.31 Å². The largest absolute Gasteiger partial charge is 0.411 e. The van der Waals surface area contributed by atoms with Crippen LogP contribution in [0.1, 0.15) is 18.9 Å². The van der Waals surface area contributed by atoms with E-state index in [1.807, 2.05) is 6.92 Å². The molecule has 0 amide bonds. The Balaban J connectivity index is 2.26. The zero-order chi connectivity index (χ0) is 14.2. The lowest BCUT2D eigenvalue weighted by Crippen LogP contribution is -2.42. The maximum atomic E-state index is 12.5. The van der Waals surface area contributed by atoms with E-state index in [1.54, 1.807) is 13.0 Å². The molecule has 1 aliphatic rings. The Kier molecular flexibility index (Phi) is 4.20. The summed E-state index contributed by atoms with van der Waals surface area (Å²) in [5, 5.41) is 12.0. The SMILES string of the molecule is Cc1cc(S(=O)(=O)N2CCC(=NO)C(C)C2)sc1Cl. The van der Waals surface area contributed by atoms with Crippen LogP contribution in [0.15, 0.2) is 15.4 Å². The smallest absolute Gasteiger partial charge is 0.252 e. The first-order valence-electron chi connectivity index (χ1n) is 5.83. The van der Waals surface area contributed by atoms with Crippen LogP contribution in [-0.2, 0) is 10.0 Å². The van der Waals surface area contributed by atoms with Gasteiger partial charge in [0, 0.05) is 25.4 Å². The molecule has 2 heterocycles. The van der Waals surface area contributed by atoms with Crippen molar-refractivity contribution in [3.05, 3.63) is 16.0 Å². The lowest BCUT2D eigenvalue weighted by atomic mass is 10.00. The predicted molar refractivity (Wildman–Crippen MR) is 75.8 cm³/mol. The molecular weight excluding hydrogens is 308 g/mol. The van der Waals surface area contributed by atoms with Crippen LogP contribution in [0.2, 0.25) is 4.34 Å². The lowest BCUT2D eigenvalue weighted by molar-refractivity contribution is 0.300. The van der Waals surface area contributed by atoms with Crippen molar-refractivity contribution >= 4 is 38.7 Å². The molecule has 1 unspecified atom stereocenters. The van der Waals surface area contributed by atoms with Crippen LogP contribution in [0, 0.1) is 12.8 Å². The van der Waals surface area contributed by atoms with E-state index in [9.17, 15) is 8.42 Å². The van der Waals surface area contributed by atoms with Gasteiger partial charge < -0.3 is 5.21 Å². The molecule has 106 valence electrons. The quantitative estimate of drug-likeness (QED) is 0.672. The fraction of sp³-hybridized carbons (Fsp3) is 0.545. The number of thiophene rings is 1. The van der Waals surface area contributed by atoms with Gasteiger partial charge in [-0.15, -0.1) is 11.3 Å². The molecule has 0 aliphatic carbocycles. The van der Waals surface area contributed by atoms with Gasteiger partial charge in [-0.3, -0.25) is 0 Å². The Morgan fingerprint density at radius 3 is 2.74 bits per heavy atom. The Hall–Kier alpha value is -0.630. The molecular formula is C11H15ClN2O3S2. The van der Waals surface area contributed by atoms with Gasteiger partial charge in [0.2, 0.25) is 0 Å². The minimum atomic E-state index is -3.50. The molecule has 1 saturated heterocycles. The van der Waals surface area contributed by atoms with Gasteiger partial charge in [-0.1, -0.05) is 23.7 Å². The molecule has 1 aliphatic heterocycles. The van der Waals surface area contributed by atoms with Gasteiger partial charge >= 0.3 is 0 Å². The van der Waals surface area contributed by atoms with Crippen molar-refractivity contribution in [2.75, 3.05) is 13.1 Å². The summed E-state index contributed by atoms with van der Waals surface area (Å²) >= 11 is 7.01. The summed E-state index contributed by atoms with van der Waals surface area (Å²) < 4.78 is 27.1. The first kappa shape index (κ1) is 14.8. The number of hydrogen-bond donors (Lipinski definition) is 1. The first-order valence-corrected chi connectivity index (χ1v) is 8.46. The van der Waals surface area contributed by atoms with Crippen LogP contribution in [0.3, 0.4) is 0 Å². The van der Waals surface area contributed by atoms with Crippen LogP contribution >= 0.6 is 22.9 Å². The number of piperidine rings is 1. The molecule has 0 aromatic carbocycles. The van der Waals surface area contributed by atoms with E-state index in [0.29, 0.717) is 29.6 Å². The molecule has 19 heavy (non-hydrogen) atoms. The molecule has 5 nitrogen and oxygen atoms in total. The first-order chi connectivity index (χ1) is 8.86. The van der Waals surface area contributed by atoms with Gasteiger partial charge in [0.05, 0.1) is 10.0 Å². The average molecular weight is 323 g/mol. The summed E-state index contributed by atoms with van der Waals surface area (Å²) in [7, 11) is -3.50. The second-order valence-corrected chi connectivity index (χ2v) is 8.45. The monoisotopic (exact) mass is 322 g/mol. The minimum absolute atomic E-state index is 0.0787. The van der Waals surface area contributed by atoms with E-state index in [0.717, 1.165) is 16.9 Å². The number of aryl methyl sites for hydroxylation is 1. The van der Waals surface area contributed by atoms with Crippen LogP contribution < -0.4 is 0 Å². The highest BCUT2D eigenvalue weighted by Crippen LogP contribution is 2.33. The van der Waals surface area contributed by atoms with Gasteiger partial charge in [0.25, 0.3) is 10.0 Å². The molecule has 1 fully saturated rings. The third-order valence-corrected chi connectivity index (χ3v) is 7.09.